The van der Waals surface area contributed by atoms with Gasteiger partial charge in [-0.3, -0.25) is 0 Å². The topological polar surface area (TPSA) is 52.0 Å². The number of nitrogens with zero attached hydrogens (tertiary/aromatic N) is 1. The van der Waals surface area contributed by atoms with Crippen LogP contribution in [0.15, 0.2) is 52.9 Å². The van der Waals surface area contributed by atoms with Gasteiger partial charge in [-0.05, 0) is 23.8 Å². The Labute approximate surface area is 98.9 Å². The third kappa shape index (κ3) is 1.70. The lowest BCUT2D eigenvalue weighted by Gasteiger charge is -1.94. The number of hydrogen-bond donors (Lipinski definition) is 1. The standard InChI is InChI=1S/C14H12N2O/c15-9-11-7-4-8-12-13(11)16-14(17-12)10-5-2-1-3-6-10/h1-8H,9,15H2. The van der Waals surface area contributed by atoms with E-state index in [4.69, 9.17) is 10.2 Å². The second-order valence-corrected chi connectivity index (χ2v) is 3.85. The van der Waals surface area contributed by atoms with E-state index in [2.05, 4.69) is 4.98 Å². The van der Waals surface area contributed by atoms with Crippen LogP contribution in [0.3, 0.4) is 0 Å². The van der Waals surface area contributed by atoms with Gasteiger partial charge in [-0.2, -0.15) is 0 Å². The molecule has 0 amide bonds. The van der Waals surface area contributed by atoms with Crippen molar-refractivity contribution in [1.82, 2.24) is 4.98 Å². The summed E-state index contributed by atoms with van der Waals surface area (Å²) >= 11 is 0. The minimum absolute atomic E-state index is 0.470. The molecule has 0 aliphatic heterocycles. The van der Waals surface area contributed by atoms with Crippen LogP contribution in [0.2, 0.25) is 0 Å². The SMILES string of the molecule is NCc1cccc2oc(-c3ccccc3)nc12. The van der Waals surface area contributed by atoms with E-state index in [-0.39, 0.29) is 0 Å². The number of para-hydroxylation sites is 1. The summed E-state index contributed by atoms with van der Waals surface area (Å²) in [6.45, 7) is 0.470. The molecular weight excluding hydrogens is 212 g/mol. The average molecular weight is 224 g/mol. The maximum atomic E-state index is 5.73. The van der Waals surface area contributed by atoms with Crippen LogP contribution in [-0.2, 0) is 6.54 Å². The highest BCUT2D eigenvalue weighted by atomic mass is 16.3. The van der Waals surface area contributed by atoms with Crippen LogP contribution in [-0.4, -0.2) is 4.98 Å². The number of benzene rings is 2. The highest BCUT2D eigenvalue weighted by molar-refractivity contribution is 5.79. The van der Waals surface area contributed by atoms with E-state index in [1.54, 1.807) is 0 Å². The van der Waals surface area contributed by atoms with Crippen LogP contribution in [0.1, 0.15) is 5.56 Å². The second-order valence-electron chi connectivity index (χ2n) is 3.85. The number of nitrogens with two attached hydrogens (primary N) is 1. The molecule has 1 heterocycles. The largest absolute Gasteiger partial charge is 0.436 e. The fourth-order valence-electron chi connectivity index (χ4n) is 1.87. The first-order chi connectivity index (χ1) is 8.38. The van der Waals surface area contributed by atoms with Crippen molar-refractivity contribution in [2.75, 3.05) is 0 Å². The minimum atomic E-state index is 0.470. The van der Waals surface area contributed by atoms with Gasteiger partial charge in [-0.1, -0.05) is 30.3 Å². The number of hydrogen-bond acceptors (Lipinski definition) is 3. The van der Waals surface area contributed by atoms with Crippen molar-refractivity contribution < 1.29 is 4.42 Å². The van der Waals surface area contributed by atoms with Crippen LogP contribution < -0.4 is 5.73 Å². The van der Waals surface area contributed by atoms with Crippen LogP contribution >= 0.6 is 0 Å². The molecule has 84 valence electrons. The predicted molar refractivity (Wildman–Crippen MR) is 67.3 cm³/mol. The smallest absolute Gasteiger partial charge is 0.227 e. The molecule has 0 saturated heterocycles. The normalized spacial score (nSPS) is 10.9. The van der Waals surface area contributed by atoms with E-state index in [0.29, 0.717) is 12.4 Å². The van der Waals surface area contributed by atoms with Gasteiger partial charge < -0.3 is 10.2 Å². The van der Waals surface area contributed by atoms with E-state index in [1.807, 2.05) is 48.5 Å². The number of fused-ring (bicyclic) bond motifs is 1. The van der Waals surface area contributed by atoms with Crippen LogP contribution in [0, 0.1) is 0 Å². The molecular formula is C14H12N2O. The highest BCUT2D eigenvalue weighted by Crippen LogP contribution is 2.25. The van der Waals surface area contributed by atoms with Gasteiger partial charge in [0.25, 0.3) is 0 Å². The summed E-state index contributed by atoms with van der Waals surface area (Å²) in [6.07, 6.45) is 0. The van der Waals surface area contributed by atoms with Crippen molar-refractivity contribution in [3.8, 4) is 11.5 Å². The summed E-state index contributed by atoms with van der Waals surface area (Å²) in [5, 5.41) is 0. The van der Waals surface area contributed by atoms with Crippen molar-refractivity contribution in [2.24, 2.45) is 5.73 Å². The second kappa shape index (κ2) is 4.03. The molecule has 1 aromatic heterocycles. The maximum Gasteiger partial charge on any atom is 0.227 e. The number of oxazole rings is 1. The van der Waals surface area contributed by atoms with Crippen molar-refractivity contribution in [1.29, 1.82) is 0 Å². The quantitative estimate of drug-likeness (QED) is 0.728. The lowest BCUT2D eigenvalue weighted by atomic mass is 10.2. The van der Waals surface area contributed by atoms with E-state index in [0.717, 1.165) is 22.2 Å². The van der Waals surface area contributed by atoms with Gasteiger partial charge >= 0.3 is 0 Å². The first-order valence-electron chi connectivity index (χ1n) is 5.52. The lowest BCUT2D eigenvalue weighted by molar-refractivity contribution is 0.620. The minimum Gasteiger partial charge on any atom is -0.436 e. The van der Waals surface area contributed by atoms with Gasteiger partial charge in [0.2, 0.25) is 5.89 Å². The Morgan fingerprint density at radius 2 is 1.82 bits per heavy atom. The van der Waals surface area contributed by atoms with Crippen molar-refractivity contribution in [3.05, 3.63) is 54.1 Å². The zero-order valence-electron chi connectivity index (χ0n) is 9.26. The van der Waals surface area contributed by atoms with Crippen LogP contribution in [0.4, 0.5) is 0 Å². The van der Waals surface area contributed by atoms with E-state index in [9.17, 15) is 0 Å². The van der Waals surface area contributed by atoms with Gasteiger partial charge in [-0.15, -0.1) is 0 Å². The summed E-state index contributed by atoms with van der Waals surface area (Å²) < 4.78 is 5.73. The Morgan fingerprint density at radius 1 is 1.00 bits per heavy atom. The summed E-state index contributed by atoms with van der Waals surface area (Å²) in [4.78, 5) is 4.51. The van der Waals surface area contributed by atoms with Gasteiger partial charge in [-0.25, -0.2) is 4.98 Å². The zero-order valence-corrected chi connectivity index (χ0v) is 9.26. The molecule has 0 unspecified atom stereocenters. The third-order valence-corrected chi connectivity index (χ3v) is 2.74. The molecule has 3 nitrogen and oxygen atoms in total. The lowest BCUT2D eigenvalue weighted by Crippen LogP contribution is -1.96. The Kier molecular flexibility index (Phi) is 2.38. The molecule has 0 bridgehead atoms. The van der Waals surface area contributed by atoms with E-state index >= 15 is 0 Å². The molecule has 2 N–H and O–H groups in total. The molecule has 3 aromatic rings. The molecule has 0 radical (unpaired) electrons. The van der Waals surface area contributed by atoms with Crippen molar-refractivity contribution in [2.45, 2.75) is 6.54 Å². The van der Waals surface area contributed by atoms with Gasteiger partial charge in [0, 0.05) is 12.1 Å². The van der Waals surface area contributed by atoms with Crippen LogP contribution in [0.25, 0.3) is 22.6 Å². The van der Waals surface area contributed by atoms with E-state index < -0.39 is 0 Å². The van der Waals surface area contributed by atoms with Crippen molar-refractivity contribution >= 4 is 11.1 Å². The summed E-state index contributed by atoms with van der Waals surface area (Å²) in [7, 11) is 0. The molecule has 0 fully saturated rings. The van der Waals surface area contributed by atoms with Crippen LogP contribution in [0.5, 0.6) is 0 Å². The Bertz CT molecular complexity index is 644. The predicted octanol–water partition coefficient (Wildman–Crippen LogP) is 2.95. The molecule has 17 heavy (non-hydrogen) atoms. The first kappa shape index (κ1) is 10.1. The molecule has 0 aliphatic carbocycles. The Morgan fingerprint density at radius 3 is 2.59 bits per heavy atom. The summed E-state index contributed by atoms with van der Waals surface area (Å²) in [5.74, 6) is 0.640. The van der Waals surface area contributed by atoms with Gasteiger partial charge in [0.05, 0.1) is 0 Å². The third-order valence-electron chi connectivity index (χ3n) is 2.74. The zero-order chi connectivity index (χ0) is 11.7. The molecule has 0 aliphatic rings. The maximum absolute atomic E-state index is 5.73. The Hall–Kier alpha value is -2.13. The summed E-state index contributed by atoms with van der Waals surface area (Å²) in [6, 6.07) is 15.7. The Balaban J connectivity index is 2.20. The van der Waals surface area contributed by atoms with E-state index in [1.165, 1.54) is 0 Å². The monoisotopic (exact) mass is 224 g/mol. The molecule has 3 rings (SSSR count). The highest BCUT2D eigenvalue weighted by Gasteiger charge is 2.09. The van der Waals surface area contributed by atoms with Gasteiger partial charge in [0.1, 0.15) is 5.52 Å². The summed E-state index contributed by atoms with van der Waals surface area (Å²) in [5.41, 5.74) is 9.31. The molecule has 0 saturated carbocycles. The average Bonchev–Trinajstić information content (AvgIpc) is 2.83. The first-order valence-corrected chi connectivity index (χ1v) is 5.52. The molecule has 3 heteroatoms. The number of rotatable bonds is 2. The molecule has 0 spiro atoms. The fraction of sp³-hybridized carbons (Fsp3) is 0.0714. The van der Waals surface area contributed by atoms with Gasteiger partial charge in [0.15, 0.2) is 5.58 Å². The number of aromatic nitrogens is 1. The van der Waals surface area contributed by atoms with Crippen molar-refractivity contribution in [3.63, 3.8) is 0 Å². The fourth-order valence-corrected chi connectivity index (χ4v) is 1.87. The molecule has 0 atom stereocenters. The molecule has 2 aromatic carbocycles.